The molecule has 1 spiro atoms. The van der Waals surface area contributed by atoms with Gasteiger partial charge < -0.3 is 4.90 Å². The van der Waals surface area contributed by atoms with Gasteiger partial charge in [-0.25, -0.2) is 0 Å². The van der Waals surface area contributed by atoms with Crippen LogP contribution < -0.4 is 4.90 Å². The standard InChI is InChI=1S/C50H59N/c1-46(2)19-21-48(5,6)44-29-36(14-17-41(44)46)51(37-15-18-42-45(30-37)49(7,8)22-20-47(42,3)4)35-13-16-39-38-11-9-10-12-40(38)50(43(39)28-35)33-24-31-23-32(26-33)27-34(50)25-31/h9-18,28-34H,19-27H2,1-8H3/i14D,15D,17D,18D,29D,30D. The highest BCUT2D eigenvalue weighted by atomic mass is 15.1. The molecule has 51 heavy (non-hydrogen) atoms. The Morgan fingerprint density at radius 3 is 1.49 bits per heavy atom. The van der Waals surface area contributed by atoms with Crippen LogP contribution in [0.4, 0.5) is 17.1 Å². The van der Waals surface area contributed by atoms with Gasteiger partial charge in [-0.2, -0.15) is 0 Å². The van der Waals surface area contributed by atoms with Crippen molar-refractivity contribution in [3.05, 3.63) is 112 Å². The van der Waals surface area contributed by atoms with Gasteiger partial charge in [0.1, 0.15) is 0 Å². The van der Waals surface area contributed by atoms with E-state index in [9.17, 15) is 8.22 Å². The van der Waals surface area contributed by atoms with Gasteiger partial charge in [-0.1, -0.05) is 97.8 Å². The Labute approximate surface area is 316 Å². The lowest BCUT2D eigenvalue weighted by molar-refractivity contribution is -0.0399. The second kappa shape index (κ2) is 10.4. The minimum atomic E-state index is -0.411. The van der Waals surface area contributed by atoms with Crippen molar-refractivity contribution in [3.63, 3.8) is 0 Å². The van der Waals surface area contributed by atoms with E-state index in [2.05, 4.69) is 97.9 Å². The van der Waals surface area contributed by atoms with Gasteiger partial charge in [-0.05, 0) is 184 Å². The third-order valence-electron chi connectivity index (χ3n) is 15.3. The Morgan fingerprint density at radius 2 is 0.961 bits per heavy atom. The quantitative estimate of drug-likeness (QED) is 0.208. The van der Waals surface area contributed by atoms with Gasteiger partial charge in [0, 0.05) is 22.5 Å². The minimum absolute atomic E-state index is 0.0414. The number of fused-ring (bicyclic) bond motifs is 5. The van der Waals surface area contributed by atoms with Crippen molar-refractivity contribution in [1.29, 1.82) is 0 Å². The molecule has 0 radical (unpaired) electrons. The van der Waals surface area contributed by atoms with Crippen LogP contribution in [-0.4, -0.2) is 0 Å². The van der Waals surface area contributed by atoms with Crippen LogP contribution in [0.2, 0.25) is 0 Å². The van der Waals surface area contributed by atoms with Crippen molar-refractivity contribution in [2.24, 2.45) is 23.7 Å². The zero-order valence-corrected chi connectivity index (χ0v) is 32.2. The minimum Gasteiger partial charge on any atom is -0.310 e. The molecule has 0 saturated heterocycles. The van der Waals surface area contributed by atoms with E-state index in [1.807, 2.05) is 4.90 Å². The second-order valence-electron chi connectivity index (χ2n) is 20.3. The molecule has 0 aromatic heterocycles. The average molecular weight is 680 g/mol. The van der Waals surface area contributed by atoms with Gasteiger partial charge in [0.2, 0.25) is 0 Å². The SMILES string of the molecule is [2H]c1c([2H])c2c(c([2H])c1N(c1ccc3c(c1)C1(c4ccccc4-3)C3CC4CC(C3)CC1C4)c1c([2H])c([2H])c3c(c1[2H])C(C)(C)CCC3(C)C)C(C)(C)CCC2(C)C. The van der Waals surface area contributed by atoms with Crippen LogP contribution in [0, 0.1) is 23.7 Å². The number of benzene rings is 4. The average Bonchev–Trinajstić information content (AvgIpc) is 3.43. The summed E-state index contributed by atoms with van der Waals surface area (Å²) in [5.41, 5.74) is 8.00. The van der Waals surface area contributed by atoms with E-state index in [1.54, 1.807) is 0 Å². The Bertz CT molecular complexity index is 2290. The van der Waals surface area contributed by atoms with Gasteiger partial charge in [-0.15, -0.1) is 0 Å². The molecule has 4 bridgehead atoms. The molecule has 264 valence electrons. The predicted octanol–water partition coefficient (Wildman–Crippen LogP) is 13.6. The first-order valence-electron chi connectivity index (χ1n) is 23.1. The number of hydrogen-bond donors (Lipinski definition) is 0. The van der Waals surface area contributed by atoms with Crippen molar-refractivity contribution in [1.82, 2.24) is 0 Å². The fourth-order valence-electron chi connectivity index (χ4n) is 12.4. The Hall–Kier alpha value is -3.32. The summed E-state index contributed by atoms with van der Waals surface area (Å²) in [6.45, 7) is 17.2. The van der Waals surface area contributed by atoms with Crippen molar-refractivity contribution in [2.75, 3.05) is 4.90 Å². The molecule has 4 saturated carbocycles. The summed E-state index contributed by atoms with van der Waals surface area (Å²) in [4.78, 5) is 1.86. The van der Waals surface area contributed by atoms with Crippen LogP contribution in [0.3, 0.4) is 0 Å². The van der Waals surface area contributed by atoms with Crippen LogP contribution in [-0.2, 0) is 27.1 Å². The molecular formula is C50H59N. The molecule has 0 atom stereocenters. The van der Waals surface area contributed by atoms with Crippen molar-refractivity contribution in [3.8, 4) is 11.1 Å². The van der Waals surface area contributed by atoms with Gasteiger partial charge in [-0.3, -0.25) is 0 Å². The number of nitrogens with zero attached hydrogens (tertiary/aromatic N) is 1. The van der Waals surface area contributed by atoms with Crippen LogP contribution in [0.25, 0.3) is 11.1 Å². The molecular weight excluding hydrogens is 615 g/mol. The van der Waals surface area contributed by atoms with Crippen LogP contribution in [0.5, 0.6) is 0 Å². The third kappa shape index (κ3) is 4.45. The van der Waals surface area contributed by atoms with E-state index in [0.717, 1.165) is 65.5 Å². The third-order valence-corrected chi connectivity index (χ3v) is 15.3. The molecule has 1 nitrogen and oxygen atoms in total. The first kappa shape index (κ1) is 26.4. The molecule has 0 amide bonds. The van der Waals surface area contributed by atoms with E-state index >= 15 is 0 Å². The first-order valence-corrected chi connectivity index (χ1v) is 20.1. The molecule has 4 aromatic rings. The van der Waals surface area contributed by atoms with Gasteiger partial charge in [0.15, 0.2) is 0 Å². The lowest BCUT2D eigenvalue weighted by atomic mass is 9.43. The highest BCUT2D eigenvalue weighted by Gasteiger charge is 2.61. The van der Waals surface area contributed by atoms with Crippen LogP contribution in [0.15, 0.2) is 78.7 Å². The number of hydrogen-bond acceptors (Lipinski definition) is 1. The molecule has 0 N–H and O–H groups in total. The maximum atomic E-state index is 10.2. The number of rotatable bonds is 3. The molecule has 4 aromatic carbocycles. The fraction of sp³-hybridized carbons (Fsp3) is 0.520. The monoisotopic (exact) mass is 680 g/mol. The van der Waals surface area contributed by atoms with E-state index < -0.39 is 10.8 Å². The Morgan fingerprint density at radius 1 is 0.490 bits per heavy atom. The Kier molecular flexibility index (Phi) is 5.40. The molecule has 1 heteroatoms. The van der Waals surface area contributed by atoms with Gasteiger partial charge in [0.25, 0.3) is 0 Å². The molecule has 7 aliphatic carbocycles. The van der Waals surface area contributed by atoms with E-state index in [-0.39, 0.29) is 63.9 Å². The second-order valence-corrected chi connectivity index (χ2v) is 20.3. The van der Waals surface area contributed by atoms with E-state index in [1.165, 1.54) is 54.4 Å². The molecule has 0 unspecified atom stereocenters. The van der Waals surface area contributed by atoms with Gasteiger partial charge in [0.05, 0.1) is 8.22 Å². The highest BCUT2D eigenvalue weighted by molar-refractivity contribution is 5.87. The lowest BCUT2D eigenvalue weighted by Gasteiger charge is -2.61. The summed E-state index contributed by atoms with van der Waals surface area (Å²) >= 11 is 0. The summed E-state index contributed by atoms with van der Waals surface area (Å²) in [6.07, 6.45) is 9.77. The zero-order valence-electron chi connectivity index (χ0n) is 38.2. The zero-order chi connectivity index (χ0) is 40.5. The first-order chi connectivity index (χ1) is 26.7. The smallest absolute Gasteiger partial charge is 0.0648 e. The largest absolute Gasteiger partial charge is 0.310 e. The number of anilines is 3. The summed E-state index contributed by atoms with van der Waals surface area (Å²) in [5.74, 6) is 2.66. The van der Waals surface area contributed by atoms with Crippen molar-refractivity contribution in [2.45, 2.75) is 140 Å². The predicted molar refractivity (Wildman–Crippen MR) is 215 cm³/mol. The van der Waals surface area contributed by atoms with Crippen molar-refractivity contribution < 1.29 is 8.22 Å². The van der Waals surface area contributed by atoms with E-state index in [4.69, 9.17) is 0 Å². The molecule has 11 rings (SSSR count). The summed E-state index contributed by atoms with van der Waals surface area (Å²) in [7, 11) is 0. The lowest BCUT2D eigenvalue weighted by Crippen LogP contribution is -2.55. The summed E-state index contributed by atoms with van der Waals surface area (Å²) in [6, 6.07) is 16.3. The summed E-state index contributed by atoms with van der Waals surface area (Å²) in [5, 5.41) is 0. The van der Waals surface area contributed by atoms with Crippen LogP contribution >= 0.6 is 0 Å². The molecule has 0 heterocycles. The molecule has 0 aliphatic heterocycles. The summed E-state index contributed by atoms with van der Waals surface area (Å²) < 4.78 is 59.7. The molecule has 7 aliphatic rings. The van der Waals surface area contributed by atoms with Gasteiger partial charge >= 0.3 is 0 Å². The topological polar surface area (TPSA) is 3.24 Å². The van der Waals surface area contributed by atoms with E-state index in [0.29, 0.717) is 11.8 Å². The Balaban J connectivity index is 1.31. The molecule has 4 fully saturated rings. The normalized spacial score (nSPS) is 32.4. The van der Waals surface area contributed by atoms with Crippen LogP contribution in [0.1, 0.15) is 155 Å². The maximum Gasteiger partial charge on any atom is 0.0648 e. The highest BCUT2D eigenvalue weighted by Crippen LogP contribution is 2.69. The maximum absolute atomic E-state index is 10.2. The fourth-order valence-corrected chi connectivity index (χ4v) is 12.4. The van der Waals surface area contributed by atoms with Crippen molar-refractivity contribution >= 4 is 17.1 Å².